The van der Waals surface area contributed by atoms with E-state index in [0.29, 0.717) is 31.0 Å². The van der Waals surface area contributed by atoms with Crippen LogP contribution in [0.1, 0.15) is 37.7 Å². The average Bonchev–Trinajstić information content (AvgIpc) is 3.01. The molecule has 0 aliphatic carbocycles. The molecule has 0 spiro atoms. The van der Waals surface area contributed by atoms with Gasteiger partial charge in [-0.25, -0.2) is 9.97 Å². The van der Waals surface area contributed by atoms with Crippen LogP contribution in [0.2, 0.25) is 0 Å². The molecule has 0 unspecified atom stereocenters. The van der Waals surface area contributed by atoms with Crippen molar-refractivity contribution in [2.45, 2.75) is 33.2 Å². The number of nitrogens with zero attached hydrogens (tertiary/aromatic N) is 4. The van der Waals surface area contributed by atoms with Crippen LogP contribution in [-0.4, -0.2) is 50.2 Å². The molecule has 0 radical (unpaired) electrons. The maximum absolute atomic E-state index is 12.3. The molecular weight excluding hydrogens is 294 g/mol. The molecule has 3 rings (SSSR count). The Morgan fingerprint density at radius 1 is 1.43 bits per heavy atom. The Bertz CT molecular complexity index is 713. The van der Waals surface area contributed by atoms with Crippen molar-refractivity contribution in [2.75, 3.05) is 13.1 Å². The second-order valence-electron chi connectivity index (χ2n) is 7.16. The predicted molar refractivity (Wildman–Crippen MR) is 84.9 cm³/mol. The zero-order valence-electron chi connectivity index (χ0n) is 13.6. The molecule has 7 heteroatoms. The maximum Gasteiger partial charge on any atom is 0.271 e. The SMILES string of the molecule is CC(C)(C)CN1C[C@@H](NC(=O)c2cn3cccnc3n2)CC1=O. The summed E-state index contributed by atoms with van der Waals surface area (Å²) in [6, 6.07) is 1.60. The van der Waals surface area contributed by atoms with E-state index in [1.165, 1.54) is 0 Å². The number of amides is 2. The molecule has 0 saturated carbocycles. The predicted octanol–water partition coefficient (Wildman–Crippen LogP) is 1.11. The standard InChI is InChI=1S/C16H21N5O2/c1-16(2,3)10-21-8-11(7-13(21)22)18-14(23)12-9-20-6-4-5-17-15(20)19-12/h4-6,9,11H,7-8,10H2,1-3H3,(H,18,23)/t11-/m0/s1. The van der Waals surface area contributed by atoms with Gasteiger partial charge in [0.2, 0.25) is 11.7 Å². The summed E-state index contributed by atoms with van der Waals surface area (Å²) in [6.07, 6.45) is 5.40. The third-order valence-corrected chi connectivity index (χ3v) is 3.68. The first-order chi connectivity index (χ1) is 10.8. The van der Waals surface area contributed by atoms with Crippen molar-refractivity contribution < 1.29 is 9.59 Å². The molecule has 0 bridgehead atoms. The van der Waals surface area contributed by atoms with Gasteiger partial charge >= 0.3 is 0 Å². The lowest BCUT2D eigenvalue weighted by Crippen LogP contribution is -2.39. The fourth-order valence-corrected chi connectivity index (χ4v) is 2.79. The van der Waals surface area contributed by atoms with Crippen LogP contribution in [0.5, 0.6) is 0 Å². The summed E-state index contributed by atoms with van der Waals surface area (Å²) in [6.45, 7) is 7.52. The fraction of sp³-hybridized carbons (Fsp3) is 0.500. The zero-order chi connectivity index (χ0) is 16.6. The van der Waals surface area contributed by atoms with Gasteiger partial charge in [0, 0.05) is 38.1 Å². The monoisotopic (exact) mass is 315 g/mol. The number of carbonyl (C=O) groups excluding carboxylic acids is 2. The third-order valence-electron chi connectivity index (χ3n) is 3.68. The van der Waals surface area contributed by atoms with E-state index < -0.39 is 0 Å². The van der Waals surface area contributed by atoms with E-state index in [0.717, 1.165) is 0 Å². The number of carbonyl (C=O) groups is 2. The lowest BCUT2D eigenvalue weighted by Gasteiger charge is -2.26. The third kappa shape index (κ3) is 3.49. The molecule has 1 aliphatic heterocycles. The number of fused-ring (bicyclic) bond motifs is 1. The van der Waals surface area contributed by atoms with Crippen molar-refractivity contribution in [1.82, 2.24) is 24.6 Å². The molecule has 3 heterocycles. The molecule has 7 nitrogen and oxygen atoms in total. The second kappa shape index (κ2) is 5.64. The minimum Gasteiger partial charge on any atom is -0.346 e. The quantitative estimate of drug-likeness (QED) is 0.920. The summed E-state index contributed by atoms with van der Waals surface area (Å²) in [4.78, 5) is 34.5. The Labute approximate surface area is 134 Å². The van der Waals surface area contributed by atoms with Gasteiger partial charge in [0.05, 0.1) is 6.04 Å². The van der Waals surface area contributed by atoms with Crippen LogP contribution in [0, 0.1) is 5.41 Å². The molecule has 1 saturated heterocycles. The smallest absolute Gasteiger partial charge is 0.271 e. The van der Waals surface area contributed by atoms with Gasteiger partial charge in [0.25, 0.3) is 5.91 Å². The van der Waals surface area contributed by atoms with Crippen LogP contribution in [-0.2, 0) is 4.79 Å². The van der Waals surface area contributed by atoms with E-state index in [-0.39, 0.29) is 23.3 Å². The minimum absolute atomic E-state index is 0.0435. The lowest BCUT2D eigenvalue weighted by molar-refractivity contribution is -0.128. The highest BCUT2D eigenvalue weighted by Gasteiger charge is 2.33. The molecule has 2 amide bonds. The Balaban J connectivity index is 1.65. The highest BCUT2D eigenvalue weighted by atomic mass is 16.2. The molecule has 2 aromatic rings. The molecule has 1 aliphatic rings. The van der Waals surface area contributed by atoms with Gasteiger partial charge < -0.3 is 10.2 Å². The normalized spacial score (nSPS) is 18.7. The van der Waals surface area contributed by atoms with E-state index in [1.54, 1.807) is 29.1 Å². The van der Waals surface area contributed by atoms with Gasteiger partial charge in [-0.05, 0) is 11.5 Å². The summed E-state index contributed by atoms with van der Waals surface area (Å²) in [5.41, 5.74) is 0.354. The van der Waals surface area contributed by atoms with E-state index in [9.17, 15) is 9.59 Å². The Hall–Kier alpha value is -2.44. The van der Waals surface area contributed by atoms with Crippen molar-refractivity contribution in [2.24, 2.45) is 5.41 Å². The van der Waals surface area contributed by atoms with Gasteiger partial charge in [-0.2, -0.15) is 0 Å². The fourth-order valence-electron chi connectivity index (χ4n) is 2.79. The number of aromatic nitrogens is 3. The first-order valence-corrected chi connectivity index (χ1v) is 7.70. The van der Waals surface area contributed by atoms with Crippen LogP contribution in [0.25, 0.3) is 5.78 Å². The van der Waals surface area contributed by atoms with Crippen LogP contribution < -0.4 is 5.32 Å². The number of hydrogen-bond acceptors (Lipinski definition) is 4. The average molecular weight is 315 g/mol. The molecule has 2 aromatic heterocycles. The Morgan fingerprint density at radius 3 is 2.91 bits per heavy atom. The van der Waals surface area contributed by atoms with Gasteiger partial charge in [-0.3, -0.25) is 14.0 Å². The van der Waals surface area contributed by atoms with E-state index >= 15 is 0 Å². The van der Waals surface area contributed by atoms with E-state index in [4.69, 9.17) is 0 Å². The highest BCUT2D eigenvalue weighted by Crippen LogP contribution is 2.20. The lowest BCUT2D eigenvalue weighted by atomic mass is 9.96. The van der Waals surface area contributed by atoms with Gasteiger partial charge in [0.1, 0.15) is 5.69 Å². The summed E-state index contributed by atoms with van der Waals surface area (Å²) >= 11 is 0. The van der Waals surface area contributed by atoms with Crippen LogP contribution in [0.4, 0.5) is 0 Å². The van der Waals surface area contributed by atoms with Gasteiger partial charge in [0.15, 0.2) is 0 Å². The summed E-state index contributed by atoms with van der Waals surface area (Å²) in [7, 11) is 0. The zero-order valence-corrected chi connectivity index (χ0v) is 13.6. The van der Waals surface area contributed by atoms with Gasteiger partial charge in [-0.15, -0.1) is 0 Å². The largest absolute Gasteiger partial charge is 0.346 e. The molecule has 0 aromatic carbocycles. The van der Waals surface area contributed by atoms with Crippen molar-refractivity contribution >= 4 is 17.6 Å². The Kier molecular flexibility index (Phi) is 3.79. The van der Waals surface area contributed by atoms with Gasteiger partial charge in [-0.1, -0.05) is 20.8 Å². The second-order valence-corrected chi connectivity index (χ2v) is 7.16. The van der Waals surface area contributed by atoms with Crippen LogP contribution in [0.15, 0.2) is 24.7 Å². The molecule has 122 valence electrons. The number of hydrogen-bond donors (Lipinski definition) is 1. The minimum atomic E-state index is -0.272. The number of nitrogens with one attached hydrogen (secondary N) is 1. The summed E-state index contributed by atoms with van der Waals surface area (Å²) in [5, 5.41) is 2.90. The summed E-state index contributed by atoms with van der Waals surface area (Å²) < 4.78 is 1.70. The van der Waals surface area contributed by atoms with Crippen LogP contribution >= 0.6 is 0 Å². The molecule has 1 N–H and O–H groups in total. The Morgan fingerprint density at radius 2 is 2.22 bits per heavy atom. The molecule has 1 fully saturated rings. The van der Waals surface area contributed by atoms with E-state index in [2.05, 4.69) is 36.1 Å². The van der Waals surface area contributed by atoms with Crippen molar-refractivity contribution in [3.63, 3.8) is 0 Å². The topological polar surface area (TPSA) is 79.6 Å². The van der Waals surface area contributed by atoms with Crippen molar-refractivity contribution in [1.29, 1.82) is 0 Å². The van der Waals surface area contributed by atoms with Crippen molar-refractivity contribution in [3.05, 3.63) is 30.4 Å². The highest BCUT2D eigenvalue weighted by molar-refractivity contribution is 5.93. The molecular formula is C16H21N5O2. The maximum atomic E-state index is 12.3. The van der Waals surface area contributed by atoms with Crippen LogP contribution in [0.3, 0.4) is 0 Å². The number of imidazole rings is 1. The van der Waals surface area contributed by atoms with E-state index in [1.807, 2.05) is 4.90 Å². The number of rotatable bonds is 3. The first-order valence-electron chi connectivity index (χ1n) is 7.70. The van der Waals surface area contributed by atoms with Crippen molar-refractivity contribution in [3.8, 4) is 0 Å². The first kappa shape index (κ1) is 15.5. The molecule has 1 atom stereocenters. The molecule has 23 heavy (non-hydrogen) atoms. The summed E-state index contributed by atoms with van der Waals surface area (Å²) in [5.74, 6) is 0.294. The number of likely N-dealkylation sites (tertiary alicyclic amines) is 1.